The summed E-state index contributed by atoms with van der Waals surface area (Å²) >= 11 is 0. The third-order valence-electron chi connectivity index (χ3n) is 5.04. The largest absolute Gasteiger partial charge is 0.497 e. The molecule has 0 spiro atoms. The van der Waals surface area contributed by atoms with Crippen LogP contribution in [0.5, 0.6) is 5.75 Å². The van der Waals surface area contributed by atoms with Crippen LogP contribution in [0.3, 0.4) is 0 Å². The average molecular weight is 476 g/mol. The SMILES string of the molecule is COc1ccc(CN(Cc2cccc(C(F)(F)F)c2)Cc2nc(C(=O)NCC(C)C)co2)cc1. The summed E-state index contributed by atoms with van der Waals surface area (Å²) in [5.74, 6) is 0.971. The number of hydrogen-bond acceptors (Lipinski definition) is 5. The van der Waals surface area contributed by atoms with Crippen LogP contribution in [0.15, 0.2) is 59.2 Å². The predicted molar refractivity (Wildman–Crippen MR) is 121 cm³/mol. The van der Waals surface area contributed by atoms with Crippen LogP contribution < -0.4 is 10.1 Å². The number of halogens is 3. The number of benzene rings is 2. The Kier molecular flexibility index (Phi) is 8.33. The molecule has 0 unspecified atom stereocenters. The molecule has 6 nitrogen and oxygen atoms in total. The van der Waals surface area contributed by atoms with E-state index in [4.69, 9.17) is 9.15 Å². The minimum Gasteiger partial charge on any atom is -0.497 e. The molecule has 1 aromatic heterocycles. The van der Waals surface area contributed by atoms with E-state index in [9.17, 15) is 18.0 Å². The highest BCUT2D eigenvalue weighted by Crippen LogP contribution is 2.30. The molecule has 1 N–H and O–H groups in total. The second-order valence-corrected chi connectivity index (χ2v) is 8.42. The highest BCUT2D eigenvalue weighted by Gasteiger charge is 2.30. The van der Waals surface area contributed by atoms with Gasteiger partial charge in [-0.15, -0.1) is 0 Å². The van der Waals surface area contributed by atoms with Gasteiger partial charge in [-0.2, -0.15) is 13.2 Å². The van der Waals surface area contributed by atoms with Crippen LogP contribution >= 0.6 is 0 Å². The second-order valence-electron chi connectivity index (χ2n) is 8.42. The lowest BCUT2D eigenvalue weighted by Gasteiger charge is -2.22. The Balaban J connectivity index is 1.78. The lowest BCUT2D eigenvalue weighted by molar-refractivity contribution is -0.137. The maximum atomic E-state index is 13.2. The van der Waals surface area contributed by atoms with E-state index >= 15 is 0 Å². The van der Waals surface area contributed by atoms with Crippen molar-refractivity contribution in [2.75, 3.05) is 13.7 Å². The van der Waals surface area contributed by atoms with E-state index in [2.05, 4.69) is 10.3 Å². The maximum absolute atomic E-state index is 13.2. The Morgan fingerprint density at radius 1 is 1.09 bits per heavy atom. The number of hydrogen-bond donors (Lipinski definition) is 1. The second kappa shape index (κ2) is 11.2. The quantitative estimate of drug-likeness (QED) is 0.432. The number of carbonyl (C=O) groups is 1. The fourth-order valence-corrected chi connectivity index (χ4v) is 3.33. The molecule has 182 valence electrons. The first-order chi connectivity index (χ1) is 16.1. The fourth-order valence-electron chi connectivity index (χ4n) is 3.33. The van der Waals surface area contributed by atoms with Gasteiger partial charge in [0.25, 0.3) is 5.91 Å². The molecule has 1 heterocycles. The summed E-state index contributed by atoms with van der Waals surface area (Å²) in [7, 11) is 1.58. The van der Waals surface area contributed by atoms with Gasteiger partial charge in [0.05, 0.1) is 19.2 Å². The van der Waals surface area contributed by atoms with E-state index in [1.54, 1.807) is 13.2 Å². The average Bonchev–Trinajstić information content (AvgIpc) is 3.26. The molecular weight excluding hydrogens is 447 g/mol. The number of alkyl halides is 3. The summed E-state index contributed by atoms with van der Waals surface area (Å²) in [6.45, 7) is 5.35. The van der Waals surface area contributed by atoms with Crippen molar-refractivity contribution in [1.29, 1.82) is 0 Å². The first-order valence-electron chi connectivity index (χ1n) is 10.9. The number of amides is 1. The molecule has 0 aliphatic carbocycles. The molecule has 0 fully saturated rings. The van der Waals surface area contributed by atoms with Gasteiger partial charge < -0.3 is 14.5 Å². The van der Waals surface area contributed by atoms with Crippen LogP contribution in [-0.4, -0.2) is 29.4 Å². The van der Waals surface area contributed by atoms with Crippen molar-refractivity contribution in [3.05, 3.63) is 83.1 Å². The molecule has 3 aromatic rings. The smallest absolute Gasteiger partial charge is 0.416 e. The highest BCUT2D eigenvalue weighted by molar-refractivity contribution is 5.91. The first kappa shape index (κ1) is 25.3. The van der Waals surface area contributed by atoms with Crippen LogP contribution in [0, 0.1) is 5.92 Å². The van der Waals surface area contributed by atoms with Crippen LogP contribution in [-0.2, 0) is 25.8 Å². The van der Waals surface area contributed by atoms with Crippen LogP contribution in [0.1, 0.15) is 46.9 Å². The van der Waals surface area contributed by atoms with Crippen molar-refractivity contribution in [3.8, 4) is 5.75 Å². The van der Waals surface area contributed by atoms with Gasteiger partial charge in [-0.05, 0) is 35.2 Å². The third kappa shape index (κ3) is 7.34. The number of aromatic nitrogens is 1. The molecule has 0 bridgehead atoms. The normalized spacial score (nSPS) is 11.8. The minimum absolute atomic E-state index is 0.166. The molecule has 34 heavy (non-hydrogen) atoms. The van der Waals surface area contributed by atoms with Crippen LogP contribution in [0.25, 0.3) is 0 Å². The van der Waals surface area contributed by atoms with E-state index in [1.165, 1.54) is 12.3 Å². The van der Waals surface area contributed by atoms with E-state index < -0.39 is 11.7 Å². The number of nitrogens with zero attached hydrogens (tertiary/aromatic N) is 2. The molecule has 0 atom stereocenters. The van der Waals surface area contributed by atoms with Crippen molar-refractivity contribution < 1.29 is 27.1 Å². The van der Waals surface area contributed by atoms with Gasteiger partial charge in [0.15, 0.2) is 5.69 Å². The van der Waals surface area contributed by atoms with Crippen molar-refractivity contribution in [2.45, 2.75) is 39.7 Å². The molecule has 2 aromatic carbocycles. The molecule has 0 saturated heterocycles. The third-order valence-corrected chi connectivity index (χ3v) is 5.04. The summed E-state index contributed by atoms with van der Waals surface area (Å²) in [5.41, 5.74) is 0.910. The topological polar surface area (TPSA) is 67.6 Å². The first-order valence-corrected chi connectivity index (χ1v) is 10.9. The maximum Gasteiger partial charge on any atom is 0.416 e. The van der Waals surface area contributed by atoms with Gasteiger partial charge in [-0.3, -0.25) is 9.69 Å². The Hall–Kier alpha value is -3.33. The molecule has 0 aliphatic heterocycles. The van der Waals surface area contributed by atoms with Gasteiger partial charge in [0, 0.05) is 19.6 Å². The van der Waals surface area contributed by atoms with Gasteiger partial charge in [-0.25, -0.2) is 4.98 Å². The lowest BCUT2D eigenvalue weighted by atomic mass is 10.1. The monoisotopic (exact) mass is 475 g/mol. The zero-order chi connectivity index (χ0) is 24.7. The van der Waals surface area contributed by atoms with Crippen LogP contribution in [0.2, 0.25) is 0 Å². The number of methoxy groups -OCH3 is 1. The minimum atomic E-state index is -4.42. The molecule has 3 rings (SSSR count). The van der Waals surface area contributed by atoms with Gasteiger partial charge >= 0.3 is 6.18 Å². The Bertz CT molecular complexity index is 1080. The van der Waals surface area contributed by atoms with Gasteiger partial charge in [0.2, 0.25) is 5.89 Å². The number of ether oxygens (including phenoxy) is 1. The Labute approximate surface area is 196 Å². The van der Waals surface area contributed by atoms with E-state index in [-0.39, 0.29) is 24.7 Å². The summed E-state index contributed by atoms with van der Waals surface area (Å²) in [6, 6.07) is 12.6. The Morgan fingerprint density at radius 2 is 1.79 bits per heavy atom. The molecule has 9 heteroatoms. The Morgan fingerprint density at radius 3 is 2.44 bits per heavy atom. The molecular formula is C25H28F3N3O3. The van der Waals surface area contributed by atoms with Crippen molar-refractivity contribution in [1.82, 2.24) is 15.2 Å². The molecule has 0 radical (unpaired) electrons. The molecule has 1 amide bonds. The molecule has 0 saturated carbocycles. The van der Waals surface area contributed by atoms with Crippen molar-refractivity contribution >= 4 is 5.91 Å². The van der Waals surface area contributed by atoms with Crippen LogP contribution in [0.4, 0.5) is 13.2 Å². The lowest BCUT2D eigenvalue weighted by Crippen LogP contribution is -2.27. The van der Waals surface area contributed by atoms with E-state index in [1.807, 2.05) is 43.0 Å². The summed E-state index contributed by atoms with van der Waals surface area (Å²) < 4.78 is 50.2. The fraction of sp³-hybridized carbons (Fsp3) is 0.360. The highest BCUT2D eigenvalue weighted by atomic mass is 19.4. The number of carbonyl (C=O) groups excluding carboxylic acids is 1. The number of nitrogens with one attached hydrogen (secondary N) is 1. The number of rotatable bonds is 10. The van der Waals surface area contributed by atoms with Crippen molar-refractivity contribution in [2.24, 2.45) is 5.92 Å². The zero-order valence-corrected chi connectivity index (χ0v) is 19.4. The predicted octanol–water partition coefficient (Wildman–Crippen LogP) is 5.29. The van der Waals surface area contributed by atoms with Crippen molar-refractivity contribution in [3.63, 3.8) is 0 Å². The van der Waals surface area contributed by atoms with E-state index in [0.29, 0.717) is 36.2 Å². The van der Waals surface area contributed by atoms with Gasteiger partial charge in [0.1, 0.15) is 12.0 Å². The number of oxazole rings is 1. The standard InChI is InChI=1S/C25H28F3N3O3/c1-17(2)12-29-24(32)22-16-34-23(30-22)15-31(13-18-7-9-21(33-3)10-8-18)14-19-5-4-6-20(11-19)25(26,27)28/h4-11,16-17H,12-15H2,1-3H3,(H,29,32). The zero-order valence-electron chi connectivity index (χ0n) is 19.4. The van der Waals surface area contributed by atoms with Gasteiger partial charge in [-0.1, -0.05) is 44.2 Å². The summed E-state index contributed by atoms with van der Waals surface area (Å²) in [6.07, 6.45) is -3.13. The molecule has 0 aliphatic rings. The summed E-state index contributed by atoms with van der Waals surface area (Å²) in [5, 5.41) is 2.78. The summed E-state index contributed by atoms with van der Waals surface area (Å²) in [4.78, 5) is 18.4. The van der Waals surface area contributed by atoms with E-state index in [0.717, 1.165) is 17.7 Å².